The number of nitrogens with zero attached hydrogens (tertiary/aromatic N) is 1. The van der Waals surface area contributed by atoms with Crippen LogP contribution in [0.25, 0.3) is 0 Å². The molecule has 4 amide bonds. The van der Waals surface area contributed by atoms with Crippen molar-refractivity contribution in [1.82, 2.24) is 10.2 Å². The highest BCUT2D eigenvalue weighted by Crippen LogP contribution is 2.32. The van der Waals surface area contributed by atoms with Gasteiger partial charge in [0.05, 0.1) is 18.2 Å². The molecule has 0 saturated carbocycles. The number of aryl methyl sites for hydroxylation is 1. The Bertz CT molecular complexity index is 1110. The second-order valence-corrected chi connectivity index (χ2v) is 8.20. The van der Waals surface area contributed by atoms with Crippen molar-refractivity contribution in [1.29, 1.82) is 0 Å². The Kier molecular flexibility index (Phi) is 7.94. The molecule has 0 saturated heterocycles. The number of anilines is 2. The van der Waals surface area contributed by atoms with Gasteiger partial charge in [-0.25, -0.2) is 14.4 Å². The third-order valence-electron chi connectivity index (χ3n) is 5.89. The van der Waals surface area contributed by atoms with Crippen LogP contribution in [0.4, 0.5) is 21.0 Å². The second kappa shape index (κ2) is 10.9. The van der Waals surface area contributed by atoms with E-state index in [9.17, 15) is 14.4 Å². The first-order valence-corrected chi connectivity index (χ1v) is 11.5. The van der Waals surface area contributed by atoms with Crippen LogP contribution in [0, 0.1) is 13.8 Å². The minimum absolute atomic E-state index is 0.239. The Morgan fingerprint density at radius 1 is 1.03 bits per heavy atom. The van der Waals surface area contributed by atoms with E-state index in [2.05, 4.69) is 16.0 Å². The average Bonchev–Trinajstić information content (AvgIpc) is 2.80. The van der Waals surface area contributed by atoms with Crippen LogP contribution < -0.4 is 16.0 Å². The molecule has 3 rings (SSSR count). The molecule has 3 N–H and O–H groups in total. The number of carbonyl (C=O) groups is 3. The lowest BCUT2D eigenvalue weighted by molar-refractivity contribution is -0.139. The fourth-order valence-corrected chi connectivity index (χ4v) is 3.93. The monoisotopic (exact) mass is 464 g/mol. The molecule has 8 nitrogen and oxygen atoms in total. The molecule has 1 aliphatic rings. The molecule has 0 aromatic heterocycles. The fourth-order valence-electron chi connectivity index (χ4n) is 3.93. The van der Waals surface area contributed by atoms with Crippen LogP contribution in [-0.2, 0) is 9.53 Å². The van der Waals surface area contributed by atoms with Crippen LogP contribution in [0.5, 0.6) is 0 Å². The maximum absolute atomic E-state index is 12.8. The summed E-state index contributed by atoms with van der Waals surface area (Å²) in [6.07, 6.45) is 0.760. The maximum Gasteiger partial charge on any atom is 0.338 e. The highest BCUT2D eigenvalue weighted by atomic mass is 16.5. The number of ether oxygens (including phenoxy) is 1. The number of benzene rings is 2. The van der Waals surface area contributed by atoms with Gasteiger partial charge in [0.2, 0.25) is 0 Å². The molecular weight excluding hydrogens is 432 g/mol. The van der Waals surface area contributed by atoms with E-state index < -0.39 is 12.0 Å². The summed E-state index contributed by atoms with van der Waals surface area (Å²) >= 11 is 0. The Morgan fingerprint density at radius 2 is 1.74 bits per heavy atom. The molecule has 180 valence electrons. The van der Waals surface area contributed by atoms with Gasteiger partial charge < -0.3 is 20.7 Å². The minimum atomic E-state index is -0.641. The second-order valence-electron chi connectivity index (χ2n) is 8.20. The number of urea groups is 2. The van der Waals surface area contributed by atoms with Gasteiger partial charge in [-0.2, -0.15) is 0 Å². The highest BCUT2D eigenvalue weighted by molar-refractivity contribution is 6.00. The Balaban J connectivity index is 1.80. The van der Waals surface area contributed by atoms with Crippen molar-refractivity contribution < 1.29 is 19.1 Å². The van der Waals surface area contributed by atoms with E-state index in [4.69, 9.17) is 4.74 Å². The summed E-state index contributed by atoms with van der Waals surface area (Å²) in [4.78, 5) is 39.5. The van der Waals surface area contributed by atoms with E-state index in [1.165, 1.54) is 0 Å². The smallest absolute Gasteiger partial charge is 0.338 e. The summed E-state index contributed by atoms with van der Waals surface area (Å²) in [6, 6.07) is 11.5. The standard InChI is InChI=1S/C26H32N4O4/c1-6-15-30-18(5)22(24(31)34-7-2)23(29-26(30)33)19-11-13-20(14-12-19)27-25(32)28-21-10-8-9-16(3)17(21)4/h8-14,23H,6-7,15H2,1-5H3,(H,29,33)(H2,27,28,32). The molecule has 1 aliphatic heterocycles. The van der Waals surface area contributed by atoms with Gasteiger partial charge in [0.15, 0.2) is 0 Å². The first-order chi connectivity index (χ1) is 16.3. The molecule has 34 heavy (non-hydrogen) atoms. The molecular formula is C26H32N4O4. The van der Waals surface area contributed by atoms with E-state index in [1.54, 1.807) is 43.0 Å². The molecule has 0 bridgehead atoms. The molecule has 2 aromatic carbocycles. The fraction of sp³-hybridized carbons (Fsp3) is 0.346. The summed E-state index contributed by atoms with van der Waals surface area (Å²) in [5, 5.41) is 8.59. The van der Waals surface area contributed by atoms with Gasteiger partial charge in [-0.15, -0.1) is 0 Å². The molecule has 8 heteroatoms. The zero-order chi connectivity index (χ0) is 24.8. The van der Waals surface area contributed by atoms with E-state index in [1.807, 2.05) is 39.0 Å². The van der Waals surface area contributed by atoms with Crippen molar-refractivity contribution in [2.75, 3.05) is 23.8 Å². The van der Waals surface area contributed by atoms with Gasteiger partial charge in [-0.05, 0) is 69.0 Å². The van der Waals surface area contributed by atoms with Crippen LogP contribution in [0.3, 0.4) is 0 Å². The Hall–Kier alpha value is -3.81. The number of allylic oxidation sites excluding steroid dienone is 1. The van der Waals surface area contributed by atoms with E-state index >= 15 is 0 Å². The van der Waals surface area contributed by atoms with Crippen LogP contribution >= 0.6 is 0 Å². The number of esters is 1. The molecule has 0 aliphatic carbocycles. The first-order valence-electron chi connectivity index (χ1n) is 11.5. The number of rotatable bonds is 7. The van der Waals surface area contributed by atoms with Crippen molar-refractivity contribution in [2.24, 2.45) is 0 Å². The molecule has 1 heterocycles. The molecule has 1 unspecified atom stereocenters. The van der Waals surface area contributed by atoms with Crippen molar-refractivity contribution >= 4 is 29.4 Å². The molecule has 0 fully saturated rings. The highest BCUT2D eigenvalue weighted by Gasteiger charge is 2.36. The van der Waals surface area contributed by atoms with Gasteiger partial charge >= 0.3 is 18.0 Å². The molecule has 2 aromatic rings. The Morgan fingerprint density at radius 3 is 2.38 bits per heavy atom. The number of amides is 4. The maximum atomic E-state index is 12.8. The summed E-state index contributed by atoms with van der Waals surface area (Å²) in [5.41, 5.74) is 5.14. The summed E-state index contributed by atoms with van der Waals surface area (Å²) in [7, 11) is 0. The molecule has 0 spiro atoms. The SMILES string of the molecule is CCCN1C(=O)NC(c2ccc(NC(=O)Nc3cccc(C)c3C)cc2)C(C(=O)OCC)=C1C. The number of carbonyl (C=O) groups excluding carboxylic acids is 3. The predicted octanol–water partition coefficient (Wildman–Crippen LogP) is 5.26. The lowest BCUT2D eigenvalue weighted by Crippen LogP contribution is -2.48. The Labute approximate surface area is 200 Å². The normalized spacial score (nSPS) is 15.6. The summed E-state index contributed by atoms with van der Waals surface area (Å²) < 4.78 is 5.28. The van der Waals surface area contributed by atoms with Crippen molar-refractivity contribution in [3.05, 3.63) is 70.4 Å². The zero-order valence-electron chi connectivity index (χ0n) is 20.3. The van der Waals surface area contributed by atoms with Crippen LogP contribution in [0.2, 0.25) is 0 Å². The lowest BCUT2D eigenvalue weighted by atomic mass is 9.94. The average molecular weight is 465 g/mol. The minimum Gasteiger partial charge on any atom is -0.463 e. The van der Waals surface area contributed by atoms with E-state index in [-0.39, 0.29) is 18.7 Å². The molecule has 0 radical (unpaired) electrons. The van der Waals surface area contributed by atoms with Crippen molar-refractivity contribution in [2.45, 2.75) is 47.1 Å². The van der Waals surface area contributed by atoms with Gasteiger partial charge in [-0.3, -0.25) is 4.90 Å². The first kappa shape index (κ1) is 24.8. The van der Waals surface area contributed by atoms with Crippen LogP contribution in [-0.4, -0.2) is 36.1 Å². The van der Waals surface area contributed by atoms with Gasteiger partial charge in [0, 0.05) is 23.6 Å². The topological polar surface area (TPSA) is 99.8 Å². The molecule has 1 atom stereocenters. The number of hydrogen-bond acceptors (Lipinski definition) is 4. The summed E-state index contributed by atoms with van der Waals surface area (Å²) in [6.45, 7) is 10.2. The third kappa shape index (κ3) is 5.39. The van der Waals surface area contributed by atoms with Gasteiger partial charge in [0.25, 0.3) is 0 Å². The van der Waals surface area contributed by atoms with Crippen molar-refractivity contribution in [3.8, 4) is 0 Å². The van der Waals surface area contributed by atoms with E-state index in [0.29, 0.717) is 29.1 Å². The van der Waals surface area contributed by atoms with Crippen LogP contribution in [0.1, 0.15) is 49.9 Å². The largest absolute Gasteiger partial charge is 0.463 e. The zero-order valence-corrected chi connectivity index (χ0v) is 20.3. The quantitative estimate of drug-likeness (QED) is 0.487. The van der Waals surface area contributed by atoms with Gasteiger partial charge in [-0.1, -0.05) is 31.2 Å². The van der Waals surface area contributed by atoms with Crippen LogP contribution in [0.15, 0.2) is 53.7 Å². The lowest BCUT2D eigenvalue weighted by Gasteiger charge is -2.35. The number of hydrogen-bond donors (Lipinski definition) is 3. The summed E-state index contributed by atoms with van der Waals surface area (Å²) in [5.74, 6) is -0.457. The van der Waals surface area contributed by atoms with Gasteiger partial charge in [0.1, 0.15) is 0 Å². The van der Waals surface area contributed by atoms with Crippen molar-refractivity contribution in [3.63, 3.8) is 0 Å². The predicted molar refractivity (Wildman–Crippen MR) is 133 cm³/mol. The third-order valence-corrected chi connectivity index (χ3v) is 5.89. The number of nitrogens with one attached hydrogen (secondary N) is 3. The van der Waals surface area contributed by atoms with E-state index in [0.717, 1.165) is 23.2 Å².